The van der Waals surface area contributed by atoms with Crippen LogP contribution in [-0.4, -0.2) is 74.5 Å². The lowest BCUT2D eigenvalue weighted by molar-refractivity contribution is 0.0219. The Labute approximate surface area is 116 Å². The minimum atomic E-state index is -2.91. The molecule has 0 amide bonds. The van der Waals surface area contributed by atoms with Crippen LogP contribution in [0.1, 0.15) is 19.3 Å². The van der Waals surface area contributed by atoms with Gasteiger partial charge in [0.1, 0.15) is 0 Å². The average molecular weight is 287 g/mol. The highest BCUT2D eigenvalue weighted by atomic mass is 32.2. The van der Waals surface area contributed by atoms with Crippen molar-refractivity contribution in [2.75, 3.05) is 38.2 Å². The fourth-order valence-corrected chi connectivity index (χ4v) is 6.14. The molecule has 0 radical (unpaired) electrons. The number of hydrogen-bond donors (Lipinski definition) is 1. The van der Waals surface area contributed by atoms with Gasteiger partial charge in [0, 0.05) is 31.2 Å². The van der Waals surface area contributed by atoms with Gasteiger partial charge in [-0.2, -0.15) is 0 Å². The molecule has 0 aliphatic carbocycles. The number of hydrogen-bond acceptors (Lipinski definition) is 5. The van der Waals surface area contributed by atoms with Gasteiger partial charge in [-0.05, 0) is 38.8 Å². The Morgan fingerprint density at radius 2 is 1.89 bits per heavy atom. The summed E-state index contributed by atoms with van der Waals surface area (Å²) in [5.41, 5.74) is 6.05. The second kappa shape index (κ2) is 4.98. The largest absolute Gasteiger partial charge is 0.325 e. The Morgan fingerprint density at radius 3 is 2.58 bits per heavy atom. The predicted octanol–water partition coefficient (Wildman–Crippen LogP) is -0.473. The second-order valence-electron chi connectivity index (χ2n) is 6.54. The van der Waals surface area contributed by atoms with Gasteiger partial charge in [-0.3, -0.25) is 4.90 Å². The molecule has 110 valence electrons. The first-order chi connectivity index (χ1) is 8.96. The molecule has 3 aliphatic rings. The molecule has 5 nitrogen and oxygen atoms in total. The fourth-order valence-electron chi connectivity index (χ4n) is 4.21. The first-order valence-corrected chi connectivity index (χ1v) is 9.19. The van der Waals surface area contributed by atoms with Gasteiger partial charge in [0.15, 0.2) is 9.84 Å². The molecule has 6 heteroatoms. The third-order valence-electron chi connectivity index (χ3n) is 5.21. The van der Waals surface area contributed by atoms with Gasteiger partial charge in [0.2, 0.25) is 0 Å². The zero-order valence-electron chi connectivity index (χ0n) is 11.7. The summed E-state index contributed by atoms with van der Waals surface area (Å²) in [4.78, 5) is 4.84. The summed E-state index contributed by atoms with van der Waals surface area (Å²) in [7, 11) is -0.691. The van der Waals surface area contributed by atoms with Gasteiger partial charge in [-0.1, -0.05) is 0 Å². The summed E-state index contributed by atoms with van der Waals surface area (Å²) in [6.45, 7) is 3.24. The van der Waals surface area contributed by atoms with E-state index in [-0.39, 0.29) is 23.6 Å². The molecule has 0 aromatic heterocycles. The van der Waals surface area contributed by atoms with Crippen molar-refractivity contribution < 1.29 is 8.42 Å². The molecule has 0 aromatic rings. The minimum absolute atomic E-state index is 0.0539. The standard InChI is InChI=1S/C13H25N3O2S/c1-15-5-2-3-10-7-16(6-4-12(10)15)13-9-19(17,18)8-11(13)14/h10-13H,2-9,14H2,1H3. The van der Waals surface area contributed by atoms with Gasteiger partial charge >= 0.3 is 0 Å². The van der Waals surface area contributed by atoms with Crippen molar-refractivity contribution in [3.63, 3.8) is 0 Å². The molecule has 3 saturated heterocycles. The van der Waals surface area contributed by atoms with Crippen molar-refractivity contribution in [3.8, 4) is 0 Å². The van der Waals surface area contributed by atoms with Crippen LogP contribution in [0.25, 0.3) is 0 Å². The van der Waals surface area contributed by atoms with E-state index in [4.69, 9.17) is 5.73 Å². The van der Waals surface area contributed by atoms with E-state index < -0.39 is 9.84 Å². The summed E-state index contributed by atoms with van der Waals surface area (Å²) < 4.78 is 23.4. The molecule has 4 atom stereocenters. The van der Waals surface area contributed by atoms with Crippen LogP contribution in [0.5, 0.6) is 0 Å². The van der Waals surface area contributed by atoms with Crippen LogP contribution in [0.3, 0.4) is 0 Å². The second-order valence-corrected chi connectivity index (χ2v) is 8.70. The lowest BCUT2D eigenvalue weighted by Crippen LogP contribution is -2.57. The highest BCUT2D eigenvalue weighted by Gasteiger charge is 2.43. The summed E-state index contributed by atoms with van der Waals surface area (Å²) in [6.07, 6.45) is 3.70. The smallest absolute Gasteiger partial charge is 0.153 e. The molecular formula is C13H25N3O2S. The van der Waals surface area contributed by atoms with E-state index in [9.17, 15) is 8.42 Å². The predicted molar refractivity (Wildman–Crippen MR) is 75.7 cm³/mol. The molecule has 3 heterocycles. The van der Waals surface area contributed by atoms with Gasteiger partial charge in [0.25, 0.3) is 0 Å². The molecular weight excluding hydrogens is 262 g/mol. The third-order valence-corrected chi connectivity index (χ3v) is 6.95. The van der Waals surface area contributed by atoms with Crippen LogP contribution >= 0.6 is 0 Å². The van der Waals surface area contributed by atoms with E-state index in [0.29, 0.717) is 12.0 Å². The fraction of sp³-hybridized carbons (Fsp3) is 1.00. The lowest BCUT2D eigenvalue weighted by Gasteiger charge is -2.47. The van der Waals surface area contributed by atoms with Crippen molar-refractivity contribution >= 4 is 9.84 Å². The number of sulfone groups is 1. The van der Waals surface area contributed by atoms with E-state index in [2.05, 4.69) is 16.8 Å². The number of nitrogens with two attached hydrogens (primary N) is 1. The molecule has 4 unspecified atom stereocenters. The molecule has 0 aromatic carbocycles. The number of rotatable bonds is 1. The van der Waals surface area contributed by atoms with Gasteiger partial charge in [-0.15, -0.1) is 0 Å². The Balaban J connectivity index is 1.68. The maximum Gasteiger partial charge on any atom is 0.153 e. The molecule has 3 fully saturated rings. The minimum Gasteiger partial charge on any atom is -0.325 e. The van der Waals surface area contributed by atoms with Crippen LogP contribution in [0.4, 0.5) is 0 Å². The lowest BCUT2D eigenvalue weighted by atomic mass is 9.83. The van der Waals surface area contributed by atoms with Crippen molar-refractivity contribution in [1.82, 2.24) is 9.80 Å². The van der Waals surface area contributed by atoms with Crippen LogP contribution in [0, 0.1) is 5.92 Å². The average Bonchev–Trinajstić information content (AvgIpc) is 2.63. The molecule has 0 bridgehead atoms. The van der Waals surface area contributed by atoms with Crippen LogP contribution < -0.4 is 5.73 Å². The molecule has 3 aliphatic heterocycles. The summed E-state index contributed by atoms with van der Waals surface area (Å²) in [5.74, 6) is 1.13. The monoisotopic (exact) mass is 287 g/mol. The maximum absolute atomic E-state index is 11.7. The van der Waals surface area contributed by atoms with E-state index in [1.54, 1.807) is 0 Å². The third kappa shape index (κ3) is 2.68. The molecule has 0 saturated carbocycles. The highest BCUT2D eigenvalue weighted by molar-refractivity contribution is 7.91. The van der Waals surface area contributed by atoms with E-state index in [1.165, 1.54) is 19.4 Å². The number of piperidine rings is 2. The summed E-state index contributed by atoms with van der Waals surface area (Å²) >= 11 is 0. The first-order valence-electron chi connectivity index (χ1n) is 7.36. The van der Waals surface area contributed by atoms with Gasteiger partial charge in [0.05, 0.1) is 11.5 Å². The van der Waals surface area contributed by atoms with E-state index in [1.807, 2.05) is 0 Å². The zero-order valence-corrected chi connectivity index (χ0v) is 12.5. The number of fused-ring (bicyclic) bond motifs is 1. The number of likely N-dealkylation sites (tertiary alicyclic amines) is 2. The van der Waals surface area contributed by atoms with Crippen molar-refractivity contribution in [2.45, 2.75) is 37.4 Å². The van der Waals surface area contributed by atoms with Crippen molar-refractivity contribution in [1.29, 1.82) is 0 Å². The van der Waals surface area contributed by atoms with Crippen LogP contribution in [0.2, 0.25) is 0 Å². The quantitative estimate of drug-likeness (QED) is 0.706. The molecule has 0 spiro atoms. The normalized spacial score (nSPS) is 44.1. The molecule has 3 rings (SSSR count). The Hall–Kier alpha value is -0.170. The summed E-state index contributed by atoms with van der Waals surface area (Å²) in [6, 6.07) is 0.556. The van der Waals surface area contributed by atoms with Crippen molar-refractivity contribution in [3.05, 3.63) is 0 Å². The topological polar surface area (TPSA) is 66.6 Å². The molecule has 2 N–H and O–H groups in total. The molecule has 19 heavy (non-hydrogen) atoms. The van der Waals surface area contributed by atoms with E-state index in [0.717, 1.165) is 19.5 Å². The number of nitrogens with zero attached hydrogens (tertiary/aromatic N) is 2. The van der Waals surface area contributed by atoms with Crippen LogP contribution in [-0.2, 0) is 9.84 Å². The van der Waals surface area contributed by atoms with Gasteiger partial charge in [-0.25, -0.2) is 8.42 Å². The first kappa shape index (κ1) is 13.8. The Bertz CT molecular complexity index is 439. The van der Waals surface area contributed by atoms with Crippen LogP contribution in [0.15, 0.2) is 0 Å². The SMILES string of the molecule is CN1CCCC2CN(C3CS(=O)(=O)CC3N)CCC21. The Kier molecular flexibility index (Phi) is 3.62. The Morgan fingerprint density at radius 1 is 1.11 bits per heavy atom. The van der Waals surface area contributed by atoms with E-state index >= 15 is 0 Å². The van der Waals surface area contributed by atoms with Gasteiger partial charge < -0.3 is 10.6 Å². The van der Waals surface area contributed by atoms with Crippen molar-refractivity contribution in [2.24, 2.45) is 11.7 Å². The zero-order chi connectivity index (χ0) is 13.6. The highest BCUT2D eigenvalue weighted by Crippen LogP contribution is 2.31. The maximum atomic E-state index is 11.7. The summed E-state index contributed by atoms with van der Waals surface area (Å²) in [5, 5.41) is 0.